The van der Waals surface area contributed by atoms with E-state index in [4.69, 9.17) is 6.42 Å². The third-order valence-corrected chi connectivity index (χ3v) is 1.94. The molecule has 72 valence electrons. The molecule has 0 atom stereocenters. The van der Waals surface area contributed by atoms with Crippen LogP contribution >= 0.6 is 0 Å². The summed E-state index contributed by atoms with van der Waals surface area (Å²) < 4.78 is 0. The van der Waals surface area contributed by atoms with Gasteiger partial charge in [-0.05, 0) is 18.6 Å². The molecule has 2 nitrogen and oxygen atoms in total. The third kappa shape index (κ3) is 2.63. The lowest BCUT2D eigenvalue weighted by molar-refractivity contribution is 0.0954. The molecule has 0 aliphatic heterocycles. The number of aryl methyl sites for hydroxylation is 1. The maximum atomic E-state index is 11.6. The first kappa shape index (κ1) is 10.3. The van der Waals surface area contributed by atoms with Crippen molar-refractivity contribution in [2.75, 3.05) is 6.54 Å². The van der Waals surface area contributed by atoms with Crippen LogP contribution in [0, 0.1) is 19.3 Å². The summed E-state index contributed by atoms with van der Waals surface area (Å²) in [6, 6.07) is 7.48. The third-order valence-electron chi connectivity index (χ3n) is 1.94. The van der Waals surface area contributed by atoms with Gasteiger partial charge in [-0.1, -0.05) is 18.2 Å². The molecule has 0 unspecified atom stereocenters. The molecular formula is C12H13NO. The summed E-state index contributed by atoms with van der Waals surface area (Å²) in [4.78, 5) is 11.6. The van der Waals surface area contributed by atoms with Crippen LogP contribution in [0.15, 0.2) is 24.3 Å². The van der Waals surface area contributed by atoms with Crippen LogP contribution < -0.4 is 5.32 Å². The molecule has 0 heterocycles. The molecule has 1 amide bonds. The summed E-state index contributed by atoms with van der Waals surface area (Å²) >= 11 is 0. The van der Waals surface area contributed by atoms with Crippen molar-refractivity contribution < 1.29 is 4.79 Å². The standard InChI is InChI=1S/C12H13NO/c1-3-4-9-13-12(14)11-8-6-5-7-10(11)2/h1,5-8H,4,9H2,2H3,(H,13,14). The zero-order valence-electron chi connectivity index (χ0n) is 8.21. The predicted octanol–water partition coefficient (Wildman–Crippen LogP) is 1.75. The van der Waals surface area contributed by atoms with Crippen LogP contribution in [-0.4, -0.2) is 12.5 Å². The van der Waals surface area contributed by atoms with Crippen LogP contribution in [0.5, 0.6) is 0 Å². The first-order chi connectivity index (χ1) is 6.75. The SMILES string of the molecule is C#CCCNC(=O)c1ccccc1C. The Balaban J connectivity index is 2.62. The molecule has 0 aliphatic rings. The molecule has 1 N–H and O–H groups in total. The lowest BCUT2D eigenvalue weighted by Crippen LogP contribution is -2.24. The van der Waals surface area contributed by atoms with Crippen molar-refractivity contribution in [2.24, 2.45) is 0 Å². The molecule has 0 bridgehead atoms. The van der Waals surface area contributed by atoms with Crippen LogP contribution in [0.4, 0.5) is 0 Å². The van der Waals surface area contributed by atoms with Crippen molar-refractivity contribution in [3.05, 3.63) is 35.4 Å². The van der Waals surface area contributed by atoms with E-state index in [2.05, 4.69) is 11.2 Å². The maximum absolute atomic E-state index is 11.6. The fourth-order valence-electron chi connectivity index (χ4n) is 1.17. The van der Waals surface area contributed by atoms with E-state index in [9.17, 15) is 4.79 Å². The monoisotopic (exact) mass is 187 g/mol. The number of carbonyl (C=O) groups is 1. The Morgan fingerprint density at radius 3 is 2.86 bits per heavy atom. The second kappa shape index (κ2) is 5.08. The summed E-state index contributed by atoms with van der Waals surface area (Å²) in [5.41, 5.74) is 1.69. The normalized spacial score (nSPS) is 9.14. The van der Waals surface area contributed by atoms with Crippen LogP contribution in [0.25, 0.3) is 0 Å². The van der Waals surface area contributed by atoms with E-state index >= 15 is 0 Å². The quantitative estimate of drug-likeness (QED) is 0.567. The van der Waals surface area contributed by atoms with E-state index in [1.807, 2.05) is 25.1 Å². The molecular weight excluding hydrogens is 174 g/mol. The molecule has 0 radical (unpaired) electrons. The van der Waals surface area contributed by atoms with Gasteiger partial charge < -0.3 is 5.32 Å². The average molecular weight is 187 g/mol. The maximum Gasteiger partial charge on any atom is 0.251 e. The Morgan fingerprint density at radius 2 is 2.21 bits per heavy atom. The first-order valence-corrected chi connectivity index (χ1v) is 4.53. The molecule has 0 spiro atoms. The van der Waals surface area contributed by atoms with Crippen molar-refractivity contribution in [2.45, 2.75) is 13.3 Å². The fourth-order valence-corrected chi connectivity index (χ4v) is 1.17. The first-order valence-electron chi connectivity index (χ1n) is 4.53. The molecule has 0 aliphatic carbocycles. The zero-order chi connectivity index (χ0) is 10.4. The second-order valence-electron chi connectivity index (χ2n) is 3.02. The van der Waals surface area contributed by atoms with Gasteiger partial charge >= 0.3 is 0 Å². The van der Waals surface area contributed by atoms with Gasteiger partial charge in [0.2, 0.25) is 0 Å². The highest BCUT2D eigenvalue weighted by Crippen LogP contribution is 2.05. The smallest absolute Gasteiger partial charge is 0.251 e. The largest absolute Gasteiger partial charge is 0.351 e. The van der Waals surface area contributed by atoms with Gasteiger partial charge in [0.05, 0.1) is 0 Å². The van der Waals surface area contributed by atoms with Crippen LogP contribution in [-0.2, 0) is 0 Å². The summed E-state index contributed by atoms with van der Waals surface area (Å²) in [6.45, 7) is 2.44. The minimum atomic E-state index is -0.0571. The van der Waals surface area contributed by atoms with Crippen molar-refractivity contribution in [1.29, 1.82) is 0 Å². The van der Waals surface area contributed by atoms with E-state index in [1.54, 1.807) is 6.07 Å². The molecule has 0 saturated carbocycles. The van der Waals surface area contributed by atoms with E-state index < -0.39 is 0 Å². The number of nitrogens with one attached hydrogen (secondary N) is 1. The Bertz CT molecular complexity index is 363. The van der Waals surface area contributed by atoms with E-state index in [-0.39, 0.29) is 5.91 Å². The molecule has 0 aromatic heterocycles. The molecule has 1 aromatic rings. The minimum Gasteiger partial charge on any atom is -0.351 e. The molecule has 0 fully saturated rings. The Labute approximate surface area is 84.3 Å². The lowest BCUT2D eigenvalue weighted by Gasteiger charge is -2.05. The van der Waals surface area contributed by atoms with Gasteiger partial charge in [-0.15, -0.1) is 12.3 Å². The van der Waals surface area contributed by atoms with Crippen LogP contribution in [0.3, 0.4) is 0 Å². The molecule has 2 heteroatoms. The minimum absolute atomic E-state index is 0.0571. The van der Waals surface area contributed by atoms with E-state index in [1.165, 1.54) is 0 Å². The number of terminal acetylenes is 1. The summed E-state index contributed by atoms with van der Waals surface area (Å²) in [7, 11) is 0. The van der Waals surface area contributed by atoms with Crippen LogP contribution in [0.1, 0.15) is 22.3 Å². The Kier molecular flexibility index (Phi) is 3.75. The van der Waals surface area contributed by atoms with Gasteiger partial charge in [-0.25, -0.2) is 0 Å². The highest BCUT2D eigenvalue weighted by Gasteiger charge is 2.05. The highest BCUT2D eigenvalue weighted by molar-refractivity contribution is 5.95. The average Bonchev–Trinajstić information content (AvgIpc) is 2.18. The van der Waals surface area contributed by atoms with Gasteiger partial charge in [-0.2, -0.15) is 0 Å². The second-order valence-corrected chi connectivity index (χ2v) is 3.02. The van der Waals surface area contributed by atoms with Gasteiger partial charge in [0.1, 0.15) is 0 Å². The number of hydrogen-bond acceptors (Lipinski definition) is 1. The number of hydrogen-bond donors (Lipinski definition) is 1. The van der Waals surface area contributed by atoms with Gasteiger partial charge in [0, 0.05) is 18.5 Å². The summed E-state index contributed by atoms with van der Waals surface area (Å²) in [5, 5.41) is 2.76. The molecule has 0 saturated heterocycles. The lowest BCUT2D eigenvalue weighted by atomic mass is 10.1. The van der Waals surface area contributed by atoms with Crippen molar-refractivity contribution in [3.8, 4) is 12.3 Å². The molecule has 14 heavy (non-hydrogen) atoms. The van der Waals surface area contributed by atoms with Crippen molar-refractivity contribution in [1.82, 2.24) is 5.32 Å². The summed E-state index contributed by atoms with van der Waals surface area (Å²) in [5.74, 6) is 2.42. The number of rotatable bonds is 3. The molecule has 1 aromatic carbocycles. The summed E-state index contributed by atoms with van der Waals surface area (Å²) in [6.07, 6.45) is 5.65. The van der Waals surface area contributed by atoms with E-state index in [0.29, 0.717) is 18.5 Å². The number of amides is 1. The topological polar surface area (TPSA) is 29.1 Å². The van der Waals surface area contributed by atoms with Gasteiger partial charge in [-0.3, -0.25) is 4.79 Å². The Hall–Kier alpha value is -1.75. The molecule has 1 rings (SSSR count). The highest BCUT2D eigenvalue weighted by atomic mass is 16.1. The van der Waals surface area contributed by atoms with Gasteiger partial charge in [0.25, 0.3) is 5.91 Å². The predicted molar refractivity (Wildman–Crippen MR) is 57.0 cm³/mol. The van der Waals surface area contributed by atoms with Crippen molar-refractivity contribution in [3.63, 3.8) is 0 Å². The van der Waals surface area contributed by atoms with Gasteiger partial charge in [0.15, 0.2) is 0 Å². The van der Waals surface area contributed by atoms with Crippen LogP contribution in [0.2, 0.25) is 0 Å². The van der Waals surface area contributed by atoms with E-state index in [0.717, 1.165) is 5.56 Å². The number of benzene rings is 1. The number of carbonyl (C=O) groups excluding carboxylic acids is 1. The van der Waals surface area contributed by atoms with Crippen molar-refractivity contribution >= 4 is 5.91 Å². The zero-order valence-corrected chi connectivity index (χ0v) is 8.21. The fraction of sp³-hybridized carbons (Fsp3) is 0.250. The Morgan fingerprint density at radius 1 is 1.50 bits per heavy atom.